The van der Waals surface area contributed by atoms with Crippen LogP contribution >= 0.6 is 0 Å². The molecule has 1 saturated carbocycles. The predicted molar refractivity (Wildman–Crippen MR) is 91.9 cm³/mol. The van der Waals surface area contributed by atoms with E-state index in [4.69, 9.17) is 0 Å². The van der Waals surface area contributed by atoms with Crippen LogP contribution in [0.2, 0.25) is 0 Å². The Kier molecular flexibility index (Phi) is 3.76. The summed E-state index contributed by atoms with van der Waals surface area (Å²) < 4.78 is 0. The second-order valence-electron chi connectivity index (χ2n) is 6.40. The number of carbonyl (C=O) groups is 1. The molecule has 4 rings (SSSR count). The summed E-state index contributed by atoms with van der Waals surface area (Å²) in [5.74, 6) is 2.40. The fourth-order valence-electron chi connectivity index (χ4n) is 2.95. The maximum atomic E-state index is 12.7. The lowest BCUT2D eigenvalue weighted by Crippen LogP contribution is -2.35. The number of nitrogens with one attached hydrogen (secondary N) is 1. The second kappa shape index (κ2) is 6.07. The van der Waals surface area contributed by atoms with Gasteiger partial charge in [0.25, 0.3) is 0 Å². The first kappa shape index (κ1) is 14.9. The summed E-state index contributed by atoms with van der Waals surface area (Å²) in [6, 6.07) is 3.74. The average Bonchev–Trinajstić information content (AvgIpc) is 3.43. The average molecular weight is 324 g/mol. The van der Waals surface area contributed by atoms with E-state index in [1.807, 2.05) is 24.1 Å². The molecule has 24 heavy (non-hydrogen) atoms. The van der Waals surface area contributed by atoms with Crippen molar-refractivity contribution in [2.75, 3.05) is 35.3 Å². The molecule has 1 aliphatic carbocycles. The number of amides is 1. The molecule has 0 atom stereocenters. The van der Waals surface area contributed by atoms with Crippen LogP contribution in [0.4, 0.5) is 17.3 Å². The molecule has 7 nitrogen and oxygen atoms in total. The Morgan fingerprint density at radius 1 is 1.29 bits per heavy atom. The van der Waals surface area contributed by atoms with Crippen LogP contribution in [0, 0.1) is 5.92 Å². The highest BCUT2D eigenvalue weighted by Crippen LogP contribution is 2.32. The molecule has 0 unspecified atom stereocenters. The lowest BCUT2D eigenvalue weighted by atomic mass is 10.2. The van der Waals surface area contributed by atoms with Crippen LogP contribution in [0.5, 0.6) is 0 Å². The highest BCUT2D eigenvalue weighted by atomic mass is 16.2. The molecule has 0 bridgehead atoms. The molecular weight excluding hydrogens is 304 g/mol. The summed E-state index contributed by atoms with van der Waals surface area (Å²) in [4.78, 5) is 29.3. The van der Waals surface area contributed by atoms with Crippen LogP contribution in [0.15, 0.2) is 30.9 Å². The summed E-state index contributed by atoms with van der Waals surface area (Å²) in [7, 11) is 1.89. The summed E-state index contributed by atoms with van der Waals surface area (Å²) >= 11 is 0. The van der Waals surface area contributed by atoms with Crippen LogP contribution in [-0.2, 0) is 11.3 Å². The minimum Gasteiger partial charge on any atom is -0.369 e. The van der Waals surface area contributed by atoms with Gasteiger partial charge in [-0.15, -0.1) is 0 Å². The first-order valence-electron chi connectivity index (χ1n) is 8.21. The quantitative estimate of drug-likeness (QED) is 0.922. The van der Waals surface area contributed by atoms with Crippen molar-refractivity contribution in [2.24, 2.45) is 5.92 Å². The van der Waals surface area contributed by atoms with Crippen LogP contribution < -0.4 is 15.1 Å². The van der Waals surface area contributed by atoms with Gasteiger partial charge >= 0.3 is 0 Å². The van der Waals surface area contributed by atoms with Crippen molar-refractivity contribution < 1.29 is 4.79 Å². The molecule has 1 N–H and O–H groups in total. The Labute approximate surface area is 140 Å². The van der Waals surface area contributed by atoms with Crippen molar-refractivity contribution in [1.29, 1.82) is 0 Å². The first-order chi connectivity index (χ1) is 11.7. The fourth-order valence-corrected chi connectivity index (χ4v) is 2.95. The van der Waals surface area contributed by atoms with Crippen LogP contribution in [0.1, 0.15) is 18.4 Å². The topological polar surface area (TPSA) is 74.2 Å². The molecule has 0 saturated heterocycles. The third-order valence-electron chi connectivity index (χ3n) is 4.49. The van der Waals surface area contributed by atoms with E-state index in [-0.39, 0.29) is 12.5 Å². The molecule has 0 spiro atoms. The van der Waals surface area contributed by atoms with Gasteiger partial charge in [-0.1, -0.05) is 0 Å². The van der Waals surface area contributed by atoms with E-state index in [9.17, 15) is 4.79 Å². The van der Waals surface area contributed by atoms with Crippen LogP contribution in [0.25, 0.3) is 0 Å². The van der Waals surface area contributed by atoms with Gasteiger partial charge in [0.05, 0.1) is 30.5 Å². The van der Waals surface area contributed by atoms with Gasteiger partial charge in [-0.05, 0) is 30.9 Å². The number of hydrogen-bond donors (Lipinski definition) is 1. The van der Waals surface area contributed by atoms with Crippen molar-refractivity contribution >= 4 is 23.2 Å². The second-order valence-corrected chi connectivity index (χ2v) is 6.40. The van der Waals surface area contributed by atoms with Gasteiger partial charge < -0.3 is 15.1 Å². The highest BCUT2D eigenvalue weighted by Gasteiger charge is 2.29. The Hall–Kier alpha value is -2.70. The van der Waals surface area contributed by atoms with Gasteiger partial charge in [-0.25, -0.2) is 9.97 Å². The van der Waals surface area contributed by atoms with E-state index in [1.165, 1.54) is 12.8 Å². The first-order valence-corrected chi connectivity index (χ1v) is 8.21. The van der Waals surface area contributed by atoms with Crippen molar-refractivity contribution in [1.82, 2.24) is 15.0 Å². The SMILES string of the molecule is CN1CC(=O)N(c2cccnc2)Cc2c(NCC3CC3)ncnc21. The molecule has 2 aliphatic rings. The number of rotatable bonds is 4. The molecule has 2 aromatic heterocycles. The minimum absolute atomic E-state index is 0.0247. The smallest absolute Gasteiger partial charge is 0.246 e. The number of pyridine rings is 1. The summed E-state index contributed by atoms with van der Waals surface area (Å²) in [6.45, 7) is 1.65. The Morgan fingerprint density at radius 2 is 2.17 bits per heavy atom. The molecule has 2 aromatic rings. The molecule has 1 amide bonds. The molecule has 1 aliphatic heterocycles. The van der Waals surface area contributed by atoms with Crippen molar-refractivity contribution in [3.63, 3.8) is 0 Å². The summed E-state index contributed by atoms with van der Waals surface area (Å²) in [5, 5.41) is 3.44. The highest BCUT2D eigenvalue weighted by molar-refractivity contribution is 5.97. The van der Waals surface area contributed by atoms with E-state index in [1.54, 1.807) is 23.6 Å². The molecule has 0 aromatic carbocycles. The van der Waals surface area contributed by atoms with Crippen molar-refractivity contribution in [2.45, 2.75) is 19.4 Å². The Morgan fingerprint density at radius 3 is 2.92 bits per heavy atom. The molecule has 3 heterocycles. The van der Waals surface area contributed by atoms with Gasteiger partial charge in [0.15, 0.2) is 0 Å². The zero-order valence-corrected chi connectivity index (χ0v) is 13.6. The van der Waals surface area contributed by atoms with Crippen molar-refractivity contribution in [3.05, 3.63) is 36.4 Å². The van der Waals surface area contributed by atoms with E-state index in [2.05, 4.69) is 20.3 Å². The molecule has 0 radical (unpaired) electrons. The maximum absolute atomic E-state index is 12.7. The number of anilines is 3. The monoisotopic (exact) mass is 324 g/mol. The number of likely N-dealkylation sites (N-methyl/N-ethyl adjacent to an activating group) is 1. The number of fused-ring (bicyclic) bond motifs is 1. The number of aromatic nitrogens is 3. The third-order valence-corrected chi connectivity index (χ3v) is 4.49. The zero-order chi connectivity index (χ0) is 16.5. The molecule has 1 fully saturated rings. The third kappa shape index (κ3) is 2.89. The molecule has 7 heteroatoms. The van der Waals surface area contributed by atoms with E-state index < -0.39 is 0 Å². The van der Waals surface area contributed by atoms with E-state index >= 15 is 0 Å². The Balaban J connectivity index is 1.69. The number of hydrogen-bond acceptors (Lipinski definition) is 6. The standard InChI is InChI=1S/C17H20N6O/c1-22-10-15(24)23(13-3-2-6-18-8-13)9-14-16(19-7-12-4-5-12)20-11-21-17(14)22/h2-3,6,8,11-12H,4-5,7,9-10H2,1H3,(H,19,20,21). The Bertz CT molecular complexity index is 746. The largest absolute Gasteiger partial charge is 0.369 e. The molecular formula is C17H20N6O. The lowest BCUT2D eigenvalue weighted by Gasteiger charge is -2.21. The summed E-state index contributed by atoms with van der Waals surface area (Å²) in [5.41, 5.74) is 1.75. The zero-order valence-electron chi connectivity index (χ0n) is 13.6. The normalized spacial score (nSPS) is 17.5. The van der Waals surface area contributed by atoms with Crippen LogP contribution in [-0.4, -0.2) is 41.0 Å². The number of carbonyl (C=O) groups excluding carboxylic acids is 1. The van der Waals surface area contributed by atoms with Gasteiger partial charge in [0.2, 0.25) is 5.91 Å². The van der Waals surface area contributed by atoms with Crippen LogP contribution in [0.3, 0.4) is 0 Å². The van der Waals surface area contributed by atoms with Gasteiger partial charge in [-0.2, -0.15) is 0 Å². The van der Waals surface area contributed by atoms with Gasteiger partial charge in [0.1, 0.15) is 18.0 Å². The van der Waals surface area contributed by atoms with Gasteiger partial charge in [0, 0.05) is 19.8 Å². The van der Waals surface area contributed by atoms with E-state index in [0.717, 1.165) is 35.3 Å². The van der Waals surface area contributed by atoms with Crippen molar-refractivity contribution in [3.8, 4) is 0 Å². The lowest BCUT2D eigenvalue weighted by molar-refractivity contribution is -0.117. The summed E-state index contributed by atoms with van der Waals surface area (Å²) in [6.07, 6.45) is 7.54. The molecule has 124 valence electrons. The maximum Gasteiger partial charge on any atom is 0.246 e. The van der Waals surface area contributed by atoms with Gasteiger partial charge in [-0.3, -0.25) is 9.78 Å². The number of nitrogens with zero attached hydrogens (tertiary/aromatic N) is 5. The predicted octanol–water partition coefficient (Wildman–Crippen LogP) is 1.68. The fraction of sp³-hybridized carbons (Fsp3) is 0.412. The minimum atomic E-state index is 0.0247. The van der Waals surface area contributed by atoms with E-state index in [0.29, 0.717) is 6.54 Å².